The molecule has 4 nitrogen and oxygen atoms in total. The van der Waals surface area contributed by atoms with Crippen molar-refractivity contribution in [2.45, 2.75) is 19.8 Å². The van der Waals surface area contributed by atoms with Crippen LogP contribution in [0.15, 0.2) is 12.1 Å². The van der Waals surface area contributed by atoms with E-state index >= 15 is 0 Å². The minimum absolute atomic E-state index is 0.280. The highest BCUT2D eigenvalue weighted by Crippen LogP contribution is 2.33. The molecule has 0 saturated heterocycles. The van der Waals surface area contributed by atoms with Crippen LogP contribution in [0.25, 0.3) is 0 Å². The maximum absolute atomic E-state index is 9.11. The summed E-state index contributed by atoms with van der Waals surface area (Å²) in [5, 5.41) is 18.5. The lowest BCUT2D eigenvalue weighted by Gasteiger charge is -2.13. The van der Waals surface area contributed by atoms with Crippen molar-refractivity contribution >= 4 is 24.2 Å². The minimum atomic E-state index is -1.58. The Bertz CT molecular complexity index is 371. The van der Waals surface area contributed by atoms with Crippen LogP contribution in [-0.4, -0.2) is 30.9 Å². The fourth-order valence-electron chi connectivity index (χ4n) is 1.37. The van der Waals surface area contributed by atoms with Crippen molar-refractivity contribution in [3.8, 4) is 11.5 Å². The average Bonchev–Trinajstić information content (AvgIpc) is 2.28. The molecule has 0 saturated carbocycles. The summed E-state index contributed by atoms with van der Waals surface area (Å²) in [5.41, 5.74) is 0.280. The van der Waals surface area contributed by atoms with Crippen LogP contribution in [0.4, 0.5) is 0 Å². The zero-order chi connectivity index (χ0) is 12.8. The predicted molar refractivity (Wildman–Crippen MR) is 68.2 cm³/mol. The normalized spacial score (nSPS) is 10.2. The summed E-state index contributed by atoms with van der Waals surface area (Å²) in [7, 11) is -0.0879. The van der Waals surface area contributed by atoms with Gasteiger partial charge in [0.15, 0.2) is 11.5 Å². The monoisotopic (exact) mass is 258 g/mol. The molecular weight excluding hydrogens is 242 g/mol. The van der Waals surface area contributed by atoms with Crippen LogP contribution in [0.1, 0.15) is 19.8 Å². The fraction of sp³-hybridized carbons (Fsp3) is 0.455. The lowest BCUT2D eigenvalue weighted by Crippen LogP contribution is -2.30. The molecule has 17 heavy (non-hydrogen) atoms. The second-order valence-electron chi connectivity index (χ2n) is 3.61. The lowest BCUT2D eigenvalue weighted by molar-refractivity contribution is 0.288. The first-order valence-corrected chi connectivity index (χ1v) is 5.84. The Balaban J connectivity index is 2.97. The third kappa shape index (κ3) is 3.80. The highest BCUT2D eigenvalue weighted by atomic mass is 35.5. The maximum Gasteiger partial charge on any atom is 0.488 e. The van der Waals surface area contributed by atoms with Gasteiger partial charge in [-0.05, 0) is 24.0 Å². The van der Waals surface area contributed by atoms with Crippen LogP contribution in [0.5, 0.6) is 11.5 Å². The van der Waals surface area contributed by atoms with Gasteiger partial charge in [-0.3, -0.25) is 0 Å². The Morgan fingerprint density at radius 1 is 1.35 bits per heavy atom. The standard InChI is InChI=1S/C11H16BClO4/c1-3-4-5-17-10-7-8(12(14)15)6-9(13)11(10)16-2/h6-7,14-15H,3-5H2,1-2H3. The van der Waals surface area contributed by atoms with Crippen LogP contribution < -0.4 is 14.9 Å². The molecule has 0 aliphatic carbocycles. The first-order valence-electron chi connectivity index (χ1n) is 5.46. The molecule has 1 aromatic carbocycles. The van der Waals surface area contributed by atoms with Crippen molar-refractivity contribution in [2.24, 2.45) is 0 Å². The Hall–Kier alpha value is -0.905. The van der Waals surface area contributed by atoms with E-state index in [4.69, 9.17) is 31.1 Å². The molecule has 1 rings (SSSR count). The highest BCUT2D eigenvalue weighted by molar-refractivity contribution is 6.59. The number of halogens is 1. The summed E-state index contributed by atoms with van der Waals surface area (Å²) in [6.45, 7) is 2.59. The molecule has 94 valence electrons. The number of unbranched alkanes of at least 4 members (excludes halogenated alkanes) is 1. The van der Waals surface area contributed by atoms with Crippen molar-refractivity contribution in [3.05, 3.63) is 17.2 Å². The summed E-state index contributed by atoms with van der Waals surface area (Å²) in [5.74, 6) is 0.837. The molecule has 0 amide bonds. The highest BCUT2D eigenvalue weighted by Gasteiger charge is 2.18. The molecule has 0 aromatic heterocycles. The van der Waals surface area contributed by atoms with E-state index in [2.05, 4.69) is 6.92 Å². The van der Waals surface area contributed by atoms with Gasteiger partial charge in [0.2, 0.25) is 0 Å². The fourth-order valence-corrected chi connectivity index (χ4v) is 1.67. The quantitative estimate of drug-likeness (QED) is 0.595. The topological polar surface area (TPSA) is 58.9 Å². The molecule has 0 aliphatic heterocycles. The minimum Gasteiger partial charge on any atom is -0.491 e. The SMILES string of the molecule is CCCCOc1cc(B(O)O)cc(Cl)c1OC. The molecule has 0 heterocycles. The lowest BCUT2D eigenvalue weighted by atomic mass is 9.80. The van der Waals surface area contributed by atoms with Gasteiger partial charge in [-0.25, -0.2) is 0 Å². The molecule has 0 unspecified atom stereocenters. The number of hydrogen-bond donors (Lipinski definition) is 2. The van der Waals surface area contributed by atoms with Crippen LogP contribution in [-0.2, 0) is 0 Å². The van der Waals surface area contributed by atoms with Gasteiger partial charge >= 0.3 is 7.12 Å². The van der Waals surface area contributed by atoms with Crippen LogP contribution >= 0.6 is 11.6 Å². The van der Waals surface area contributed by atoms with Crippen LogP contribution in [0, 0.1) is 0 Å². The summed E-state index contributed by atoms with van der Waals surface area (Å²) in [6.07, 6.45) is 1.92. The van der Waals surface area contributed by atoms with Crippen molar-refractivity contribution in [2.75, 3.05) is 13.7 Å². The van der Waals surface area contributed by atoms with E-state index in [1.165, 1.54) is 19.2 Å². The maximum atomic E-state index is 9.11. The Morgan fingerprint density at radius 3 is 2.59 bits per heavy atom. The van der Waals surface area contributed by atoms with Gasteiger partial charge in [-0.1, -0.05) is 24.9 Å². The first kappa shape index (κ1) is 14.2. The van der Waals surface area contributed by atoms with Crippen molar-refractivity contribution in [1.82, 2.24) is 0 Å². The summed E-state index contributed by atoms with van der Waals surface area (Å²) in [6, 6.07) is 2.96. The van der Waals surface area contributed by atoms with E-state index in [1.807, 2.05) is 0 Å². The van der Waals surface area contributed by atoms with Crippen LogP contribution in [0.2, 0.25) is 5.02 Å². The van der Waals surface area contributed by atoms with Crippen molar-refractivity contribution in [3.63, 3.8) is 0 Å². The van der Waals surface area contributed by atoms with Gasteiger partial charge in [0, 0.05) is 0 Å². The number of rotatable bonds is 6. The zero-order valence-electron chi connectivity index (χ0n) is 9.94. The average molecular weight is 259 g/mol. The van der Waals surface area contributed by atoms with E-state index in [0.29, 0.717) is 23.1 Å². The number of ether oxygens (including phenoxy) is 2. The van der Waals surface area contributed by atoms with Gasteiger partial charge in [-0.2, -0.15) is 0 Å². The van der Waals surface area contributed by atoms with Gasteiger partial charge < -0.3 is 19.5 Å². The first-order chi connectivity index (χ1) is 8.10. The second-order valence-corrected chi connectivity index (χ2v) is 4.02. The van der Waals surface area contributed by atoms with Gasteiger partial charge in [0.1, 0.15) is 0 Å². The van der Waals surface area contributed by atoms with Gasteiger partial charge in [-0.15, -0.1) is 0 Å². The third-order valence-electron chi connectivity index (χ3n) is 2.29. The molecule has 6 heteroatoms. The number of hydrogen-bond acceptors (Lipinski definition) is 4. The molecule has 0 fully saturated rings. The predicted octanol–water partition coefficient (Wildman–Crippen LogP) is 1.21. The molecule has 0 radical (unpaired) electrons. The molecule has 0 bridgehead atoms. The van der Waals surface area contributed by atoms with E-state index < -0.39 is 7.12 Å². The smallest absolute Gasteiger partial charge is 0.488 e. The number of methoxy groups -OCH3 is 1. The molecular formula is C11H16BClO4. The van der Waals surface area contributed by atoms with E-state index in [1.54, 1.807) is 0 Å². The molecule has 0 spiro atoms. The van der Waals surface area contributed by atoms with E-state index in [9.17, 15) is 0 Å². The Morgan fingerprint density at radius 2 is 2.06 bits per heavy atom. The molecule has 1 aromatic rings. The van der Waals surface area contributed by atoms with E-state index in [-0.39, 0.29) is 5.46 Å². The van der Waals surface area contributed by atoms with Crippen molar-refractivity contribution < 1.29 is 19.5 Å². The largest absolute Gasteiger partial charge is 0.491 e. The van der Waals surface area contributed by atoms with Gasteiger partial charge in [0.05, 0.1) is 18.7 Å². The van der Waals surface area contributed by atoms with Crippen molar-refractivity contribution in [1.29, 1.82) is 0 Å². The Labute approximate surface area is 106 Å². The summed E-state index contributed by atoms with van der Waals surface area (Å²) in [4.78, 5) is 0. The molecule has 0 atom stereocenters. The summed E-state index contributed by atoms with van der Waals surface area (Å²) >= 11 is 5.96. The molecule has 0 aliphatic rings. The Kier molecular flexibility index (Phi) is 5.61. The van der Waals surface area contributed by atoms with Gasteiger partial charge in [0.25, 0.3) is 0 Å². The summed E-state index contributed by atoms with van der Waals surface area (Å²) < 4.78 is 10.6. The second kappa shape index (κ2) is 6.74. The van der Waals surface area contributed by atoms with Crippen LogP contribution in [0.3, 0.4) is 0 Å². The van der Waals surface area contributed by atoms with E-state index in [0.717, 1.165) is 12.8 Å². The third-order valence-corrected chi connectivity index (χ3v) is 2.57. The number of benzene rings is 1. The molecule has 2 N–H and O–H groups in total. The zero-order valence-corrected chi connectivity index (χ0v) is 10.7.